The highest BCUT2D eigenvalue weighted by Crippen LogP contribution is 2.19. The van der Waals surface area contributed by atoms with E-state index in [-0.39, 0.29) is 6.10 Å². The molecule has 1 aromatic rings. The van der Waals surface area contributed by atoms with Gasteiger partial charge in [-0.15, -0.1) is 17.9 Å². The highest BCUT2D eigenvalue weighted by Gasteiger charge is 2.05. The van der Waals surface area contributed by atoms with E-state index in [0.717, 1.165) is 12.8 Å². The van der Waals surface area contributed by atoms with E-state index in [1.165, 1.54) is 9.75 Å². The fraction of sp³-hybridized carbons (Fsp3) is 0.455. The molecule has 0 spiro atoms. The molecule has 0 saturated heterocycles. The van der Waals surface area contributed by atoms with Crippen molar-refractivity contribution in [1.82, 2.24) is 0 Å². The largest absolute Gasteiger partial charge is 0.392 e. The molecule has 0 aromatic carbocycles. The highest BCUT2D eigenvalue weighted by molar-refractivity contribution is 7.11. The van der Waals surface area contributed by atoms with Crippen LogP contribution in [0.2, 0.25) is 0 Å². The molecule has 1 unspecified atom stereocenters. The van der Waals surface area contributed by atoms with E-state index >= 15 is 0 Å². The lowest BCUT2D eigenvalue weighted by molar-refractivity contribution is 0.179. The number of hydrogen-bond acceptors (Lipinski definition) is 2. The zero-order valence-electron chi connectivity index (χ0n) is 7.99. The fourth-order valence-electron chi connectivity index (χ4n) is 1.23. The van der Waals surface area contributed by atoms with Gasteiger partial charge < -0.3 is 5.11 Å². The van der Waals surface area contributed by atoms with Crippen LogP contribution in [-0.4, -0.2) is 11.2 Å². The molecule has 1 atom stereocenters. The second kappa shape index (κ2) is 5.20. The lowest BCUT2D eigenvalue weighted by atomic mass is 10.1. The molecule has 0 aliphatic heterocycles. The van der Waals surface area contributed by atoms with E-state index in [4.69, 9.17) is 0 Å². The normalized spacial score (nSPS) is 12.8. The van der Waals surface area contributed by atoms with Gasteiger partial charge in [-0.1, -0.05) is 13.0 Å². The summed E-state index contributed by atoms with van der Waals surface area (Å²) >= 11 is 1.79. The van der Waals surface area contributed by atoms with E-state index < -0.39 is 0 Å². The van der Waals surface area contributed by atoms with Crippen LogP contribution in [0.5, 0.6) is 0 Å². The molecule has 1 rings (SSSR count). The Morgan fingerprint density at radius 3 is 2.77 bits per heavy atom. The number of aliphatic hydroxyl groups is 1. The van der Waals surface area contributed by atoms with Gasteiger partial charge in [-0.3, -0.25) is 0 Å². The third kappa shape index (κ3) is 3.33. The van der Waals surface area contributed by atoms with Gasteiger partial charge in [0.25, 0.3) is 0 Å². The van der Waals surface area contributed by atoms with E-state index in [1.807, 2.05) is 0 Å². The van der Waals surface area contributed by atoms with Gasteiger partial charge in [-0.05, 0) is 25.0 Å². The van der Waals surface area contributed by atoms with Crippen LogP contribution in [0, 0.1) is 0 Å². The maximum atomic E-state index is 9.52. The average molecular weight is 196 g/mol. The van der Waals surface area contributed by atoms with Crippen LogP contribution < -0.4 is 0 Å². The first-order valence-corrected chi connectivity index (χ1v) is 5.44. The summed E-state index contributed by atoms with van der Waals surface area (Å²) in [6.45, 7) is 5.76. The maximum Gasteiger partial charge on any atom is 0.0622 e. The third-order valence-corrected chi connectivity index (χ3v) is 3.19. The predicted octanol–water partition coefficient (Wildman–Crippen LogP) is 2.79. The first-order valence-electron chi connectivity index (χ1n) is 4.62. The second-order valence-corrected chi connectivity index (χ2v) is 4.36. The lowest BCUT2D eigenvalue weighted by Crippen LogP contribution is -2.07. The fourth-order valence-corrected chi connectivity index (χ4v) is 2.26. The average Bonchev–Trinajstić information content (AvgIpc) is 2.52. The second-order valence-electron chi connectivity index (χ2n) is 3.10. The maximum absolute atomic E-state index is 9.52. The Labute approximate surface area is 83.7 Å². The number of thiophene rings is 1. The molecule has 13 heavy (non-hydrogen) atoms. The van der Waals surface area contributed by atoms with Crippen LogP contribution >= 0.6 is 11.3 Å². The SMILES string of the molecule is C=CCC(O)Cc1ccc(CC)s1. The Balaban J connectivity index is 2.48. The van der Waals surface area contributed by atoms with Gasteiger partial charge in [0.1, 0.15) is 0 Å². The van der Waals surface area contributed by atoms with E-state index in [1.54, 1.807) is 17.4 Å². The van der Waals surface area contributed by atoms with Crippen molar-refractivity contribution in [3.05, 3.63) is 34.5 Å². The van der Waals surface area contributed by atoms with Gasteiger partial charge in [-0.2, -0.15) is 0 Å². The molecule has 1 heterocycles. The van der Waals surface area contributed by atoms with Gasteiger partial charge >= 0.3 is 0 Å². The zero-order chi connectivity index (χ0) is 9.68. The Morgan fingerprint density at radius 2 is 2.23 bits per heavy atom. The summed E-state index contributed by atoms with van der Waals surface area (Å²) in [4.78, 5) is 2.66. The van der Waals surface area contributed by atoms with Crippen LogP contribution in [-0.2, 0) is 12.8 Å². The van der Waals surface area contributed by atoms with Crippen molar-refractivity contribution in [2.45, 2.75) is 32.3 Å². The predicted molar refractivity (Wildman–Crippen MR) is 58.2 cm³/mol. The number of hydrogen-bond donors (Lipinski definition) is 1. The number of aryl methyl sites for hydroxylation is 1. The van der Waals surface area contributed by atoms with Crippen LogP contribution in [0.4, 0.5) is 0 Å². The van der Waals surface area contributed by atoms with E-state index in [0.29, 0.717) is 6.42 Å². The minimum absolute atomic E-state index is 0.263. The summed E-state index contributed by atoms with van der Waals surface area (Å²) in [7, 11) is 0. The molecular formula is C11H16OS. The van der Waals surface area contributed by atoms with Crippen molar-refractivity contribution >= 4 is 11.3 Å². The summed E-state index contributed by atoms with van der Waals surface area (Å²) in [5.74, 6) is 0. The van der Waals surface area contributed by atoms with Gasteiger partial charge in [0, 0.05) is 16.2 Å². The molecule has 0 bridgehead atoms. The Kier molecular flexibility index (Phi) is 4.19. The first-order chi connectivity index (χ1) is 6.26. The molecule has 72 valence electrons. The summed E-state index contributed by atoms with van der Waals surface area (Å²) < 4.78 is 0. The standard InChI is InChI=1S/C11H16OS/c1-3-5-9(12)8-11-7-6-10(4-2)13-11/h3,6-7,9,12H,1,4-5,8H2,2H3. The monoisotopic (exact) mass is 196 g/mol. The molecule has 1 nitrogen and oxygen atoms in total. The molecule has 0 saturated carbocycles. The van der Waals surface area contributed by atoms with Crippen LogP contribution in [0.15, 0.2) is 24.8 Å². The highest BCUT2D eigenvalue weighted by atomic mass is 32.1. The summed E-state index contributed by atoms with van der Waals surface area (Å²) in [6.07, 6.45) is 4.03. The van der Waals surface area contributed by atoms with Crippen LogP contribution in [0.25, 0.3) is 0 Å². The van der Waals surface area contributed by atoms with Crippen molar-refractivity contribution in [1.29, 1.82) is 0 Å². The Bertz CT molecular complexity index is 265. The van der Waals surface area contributed by atoms with Crippen molar-refractivity contribution in [2.75, 3.05) is 0 Å². The smallest absolute Gasteiger partial charge is 0.0622 e. The van der Waals surface area contributed by atoms with Crippen LogP contribution in [0.1, 0.15) is 23.1 Å². The first kappa shape index (κ1) is 10.5. The topological polar surface area (TPSA) is 20.2 Å². The van der Waals surface area contributed by atoms with Crippen LogP contribution in [0.3, 0.4) is 0 Å². The van der Waals surface area contributed by atoms with Crippen molar-refractivity contribution < 1.29 is 5.11 Å². The molecule has 0 aliphatic carbocycles. The Hall–Kier alpha value is -0.600. The summed E-state index contributed by atoms with van der Waals surface area (Å²) in [5.41, 5.74) is 0. The van der Waals surface area contributed by atoms with Gasteiger partial charge in [0.05, 0.1) is 6.10 Å². The molecule has 2 heteroatoms. The van der Waals surface area contributed by atoms with Gasteiger partial charge in [0.2, 0.25) is 0 Å². The molecule has 1 N–H and O–H groups in total. The van der Waals surface area contributed by atoms with E-state index in [9.17, 15) is 5.11 Å². The van der Waals surface area contributed by atoms with Crippen molar-refractivity contribution in [3.8, 4) is 0 Å². The number of aliphatic hydroxyl groups excluding tert-OH is 1. The number of rotatable bonds is 5. The van der Waals surface area contributed by atoms with E-state index in [2.05, 4.69) is 25.6 Å². The molecule has 0 amide bonds. The summed E-state index contributed by atoms with van der Waals surface area (Å²) in [5, 5.41) is 9.52. The Morgan fingerprint density at radius 1 is 1.54 bits per heavy atom. The lowest BCUT2D eigenvalue weighted by Gasteiger charge is -2.04. The zero-order valence-corrected chi connectivity index (χ0v) is 8.81. The molecule has 0 radical (unpaired) electrons. The minimum Gasteiger partial charge on any atom is -0.392 e. The summed E-state index contributed by atoms with van der Waals surface area (Å²) in [6, 6.07) is 4.25. The molecule has 0 aliphatic rings. The van der Waals surface area contributed by atoms with Gasteiger partial charge in [0.15, 0.2) is 0 Å². The van der Waals surface area contributed by atoms with Crippen molar-refractivity contribution in [3.63, 3.8) is 0 Å². The minimum atomic E-state index is -0.263. The molecular weight excluding hydrogens is 180 g/mol. The third-order valence-electron chi connectivity index (χ3n) is 1.94. The quantitative estimate of drug-likeness (QED) is 0.718. The van der Waals surface area contributed by atoms with Gasteiger partial charge in [-0.25, -0.2) is 0 Å². The van der Waals surface area contributed by atoms with Crippen molar-refractivity contribution in [2.24, 2.45) is 0 Å². The molecule has 0 fully saturated rings. The molecule has 1 aromatic heterocycles.